The molecule has 0 radical (unpaired) electrons. The van der Waals surface area contributed by atoms with Crippen molar-refractivity contribution in [3.63, 3.8) is 0 Å². The Balaban J connectivity index is 0.00000182. The van der Waals surface area contributed by atoms with E-state index in [2.05, 4.69) is 22.5 Å². The number of amides is 1. The highest BCUT2D eigenvalue weighted by atomic mass is 35.5. The molecule has 2 N–H and O–H groups in total. The second-order valence-electron chi connectivity index (χ2n) is 9.10. The summed E-state index contributed by atoms with van der Waals surface area (Å²) in [6.07, 6.45) is 10.8. The van der Waals surface area contributed by atoms with Gasteiger partial charge in [-0.25, -0.2) is 0 Å². The number of nitrogens with one attached hydrogen (secondary N) is 2. The van der Waals surface area contributed by atoms with E-state index in [0.717, 1.165) is 36.8 Å². The molecule has 3 aliphatic carbocycles. The van der Waals surface area contributed by atoms with Crippen LogP contribution in [0, 0.1) is 23.7 Å². The molecule has 0 spiro atoms. The van der Waals surface area contributed by atoms with E-state index in [-0.39, 0.29) is 18.3 Å². The molecule has 5 heteroatoms. The number of nitrogens with zero attached hydrogens (tertiary/aromatic N) is 1. The maximum Gasteiger partial charge on any atom is 0.234 e. The first-order valence-electron chi connectivity index (χ1n) is 10.4. The van der Waals surface area contributed by atoms with Crippen molar-refractivity contribution >= 4 is 18.3 Å². The second kappa shape index (κ2) is 8.58. The van der Waals surface area contributed by atoms with Crippen molar-refractivity contribution in [3.8, 4) is 0 Å². The fourth-order valence-corrected chi connectivity index (χ4v) is 5.47. The van der Waals surface area contributed by atoms with Gasteiger partial charge in [-0.15, -0.1) is 12.4 Å². The van der Waals surface area contributed by atoms with Gasteiger partial charge in [-0.3, -0.25) is 9.69 Å². The van der Waals surface area contributed by atoms with Gasteiger partial charge in [0.05, 0.1) is 6.54 Å². The minimum absolute atomic E-state index is 0. The van der Waals surface area contributed by atoms with Gasteiger partial charge in [0, 0.05) is 25.2 Å². The molecule has 4 rings (SSSR count). The van der Waals surface area contributed by atoms with E-state index in [4.69, 9.17) is 0 Å². The van der Waals surface area contributed by atoms with Crippen molar-refractivity contribution in [1.82, 2.24) is 15.5 Å². The second-order valence-corrected chi connectivity index (χ2v) is 9.10. The lowest BCUT2D eigenvalue weighted by molar-refractivity contribution is -0.123. The normalized spacial score (nSPS) is 33.9. The lowest BCUT2D eigenvalue weighted by Crippen LogP contribution is -2.48. The van der Waals surface area contributed by atoms with Crippen LogP contribution in [-0.4, -0.2) is 49.1 Å². The summed E-state index contributed by atoms with van der Waals surface area (Å²) < 4.78 is 0. The van der Waals surface area contributed by atoms with Gasteiger partial charge in [0.2, 0.25) is 5.91 Å². The highest BCUT2D eigenvalue weighted by Gasteiger charge is 2.42. The first-order valence-corrected chi connectivity index (χ1v) is 10.4. The maximum atomic E-state index is 12.4. The van der Waals surface area contributed by atoms with Crippen molar-refractivity contribution in [3.05, 3.63) is 0 Å². The summed E-state index contributed by atoms with van der Waals surface area (Å²) in [6.45, 7) is 6.18. The van der Waals surface area contributed by atoms with Crippen LogP contribution in [0.25, 0.3) is 0 Å². The van der Waals surface area contributed by atoms with E-state index in [1.807, 2.05) is 0 Å². The Hall–Kier alpha value is -0.320. The number of likely N-dealkylation sites (tertiary alicyclic amines) is 1. The average molecular weight is 370 g/mol. The van der Waals surface area contributed by atoms with E-state index < -0.39 is 0 Å². The van der Waals surface area contributed by atoms with Crippen LogP contribution in [0.5, 0.6) is 0 Å². The van der Waals surface area contributed by atoms with Gasteiger partial charge in [-0.05, 0) is 82.1 Å². The summed E-state index contributed by atoms with van der Waals surface area (Å²) in [5.74, 6) is 3.79. The predicted molar refractivity (Wildman–Crippen MR) is 104 cm³/mol. The van der Waals surface area contributed by atoms with Gasteiger partial charge >= 0.3 is 0 Å². The summed E-state index contributed by atoms with van der Waals surface area (Å²) >= 11 is 0. The minimum atomic E-state index is 0. The van der Waals surface area contributed by atoms with Crippen molar-refractivity contribution < 1.29 is 4.79 Å². The number of hydrogen-bond donors (Lipinski definition) is 2. The Morgan fingerprint density at radius 3 is 2.44 bits per heavy atom. The number of piperidine rings is 1. The molecule has 0 aromatic rings. The lowest BCUT2D eigenvalue weighted by atomic mass is 9.84. The Morgan fingerprint density at radius 1 is 1.08 bits per heavy atom. The SMILES string of the molecule is CC(NC(=O)CN1CCC(NCC2CC2)CC1)C1CC2CCC1C2.Cl. The van der Waals surface area contributed by atoms with E-state index in [1.54, 1.807) is 0 Å². The quantitative estimate of drug-likeness (QED) is 0.725. The van der Waals surface area contributed by atoms with Crippen LogP contribution in [0.4, 0.5) is 0 Å². The van der Waals surface area contributed by atoms with Crippen LogP contribution >= 0.6 is 12.4 Å². The minimum Gasteiger partial charge on any atom is -0.352 e. The van der Waals surface area contributed by atoms with Crippen molar-refractivity contribution in [2.45, 2.75) is 70.4 Å². The van der Waals surface area contributed by atoms with Gasteiger partial charge in [0.15, 0.2) is 0 Å². The smallest absolute Gasteiger partial charge is 0.234 e. The van der Waals surface area contributed by atoms with Crippen LogP contribution in [0.1, 0.15) is 58.3 Å². The first-order chi connectivity index (χ1) is 11.7. The molecule has 4 fully saturated rings. The zero-order chi connectivity index (χ0) is 16.5. The zero-order valence-corrected chi connectivity index (χ0v) is 16.5. The number of carbonyl (C=O) groups excluding carboxylic acids is 1. The topological polar surface area (TPSA) is 44.4 Å². The summed E-state index contributed by atoms with van der Waals surface area (Å²) in [5, 5.41) is 7.03. The van der Waals surface area contributed by atoms with Gasteiger partial charge in [-0.1, -0.05) is 6.42 Å². The molecule has 4 aliphatic rings. The first kappa shape index (κ1) is 19.4. The summed E-state index contributed by atoms with van der Waals surface area (Å²) in [5.41, 5.74) is 0. The van der Waals surface area contributed by atoms with Crippen LogP contribution in [0.15, 0.2) is 0 Å². The largest absolute Gasteiger partial charge is 0.352 e. The van der Waals surface area contributed by atoms with Gasteiger partial charge < -0.3 is 10.6 Å². The summed E-state index contributed by atoms with van der Waals surface area (Å²) in [7, 11) is 0. The molecule has 1 saturated heterocycles. The Kier molecular flexibility index (Phi) is 6.67. The monoisotopic (exact) mass is 369 g/mol. The van der Waals surface area contributed by atoms with Crippen LogP contribution in [0.2, 0.25) is 0 Å². The Bertz CT molecular complexity index is 448. The summed E-state index contributed by atoms with van der Waals surface area (Å²) in [4.78, 5) is 14.8. The number of rotatable bonds is 7. The molecule has 4 unspecified atom stereocenters. The third-order valence-corrected chi connectivity index (χ3v) is 7.17. The van der Waals surface area contributed by atoms with Gasteiger partial charge in [0.1, 0.15) is 0 Å². The lowest BCUT2D eigenvalue weighted by Gasteiger charge is -2.33. The third-order valence-electron chi connectivity index (χ3n) is 7.17. The Morgan fingerprint density at radius 2 is 1.84 bits per heavy atom. The van der Waals surface area contributed by atoms with E-state index in [9.17, 15) is 4.79 Å². The molecule has 0 aromatic heterocycles. The molecular weight excluding hydrogens is 334 g/mol. The number of hydrogen-bond acceptors (Lipinski definition) is 3. The summed E-state index contributed by atoms with van der Waals surface area (Å²) in [6, 6.07) is 1.04. The Labute approximate surface area is 159 Å². The molecule has 1 amide bonds. The molecule has 4 atom stereocenters. The van der Waals surface area contributed by atoms with E-state index in [1.165, 1.54) is 57.9 Å². The molecule has 4 nitrogen and oxygen atoms in total. The van der Waals surface area contributed by atoms with E-state index >= 15 is 0 Å². The van der Waals surface area contributed by atoms with Crippen LogP contribution in [0.3, 0.4) is 0 Å². The van der Waals surface area contributed by atoms with Crippen molar-refractivity contribution in [1.29, 1.82) is 0 Å². The van der Waals surface area contributed by atoms with Crippen molar-refractivity contribution in [2.24, 2.45) is 23.7 Å². The molecule has 3 saturated carbocycles. The number of fused-ring (bicyclic) bond motifs is 2. The zero-order valence-electron chi connectivity index (χ0n) is 15.7. The molecule has 2 bridgehead atoms. The van der Waals surface area contributed by atoms with Gasteiger partial charge in [0.25, 0.3) is 0 Å². The van der Waals surface area contributed by atoms with Crippen molar-refractivity contribution in [2.75, 3.05) is 26.2 Å². The molecule has 1 aliphatic heterocycles. The fourth-order valence-electron chi connectivity index (χ4n) is 5.47. The van der Waals surface area contributed by atoms with Crippen LogP contribution < -0.4 is 10.6 Å². The molecule has 144 valence electrons. The molecular formula is C20H36ClN3O. The fraction of sp³-hybridized carbons (Fsp3) is 0.950. The molecule has 25 heavy (non-hydrogen) atoms. The maximum absolute atomic E-state index is 12.4. The van der Waals surface area contributed by atoms with Crippen LogP contribution in [-0.2, 0) is 4.79 Å². The van der Waals surface area contributed by atoms with E-state index in [0.29, 0.717) is 18.6 Å². The highest BCUT2D eigenvalue weighted by Crippen LogP contribution is 2.49. The standard InChI is InChI=1S/C20H35N3O.ClH/c1-14(19-11-16-4-5-17(19)10-16)22-20(24)13-23-8-6-18(7-9-23)21-12-15-2-3-15;/h14-19,21H,2-13H2,1H3,(H,22,24);1H. The molecule has 1 heterocycles. The number of halogens is 1. The highest BCUT2D eigenvalue weighted by molar-refractivity contribution is 5.85. The van der Waals surface area contributed by atoms with Gasteiger partial charge in [-0.2, -0.15) is 0 Å². The average Bonchev–Trinajstić information content (AvgIpc) is 3.16. The number of carbonyl (C=O) groups is 1. The predicted octanol–water partition coefficient (Wildman–Crippen LogP) is 2.81. The molecule has 0 aromatic carbocycles. The third kappa shape index (κ3) is 5.11.